The largest absolute Gasteiger partial charge is 0.315 e. The molecular formula is C11H22N2. The van der Waals surface area contributed by atoms with Crippen molar-refractivity contribution in [3.63, 3.8) is 0 Å². The van der Waals surface area contributed by atoms with Gasteiger partial charge in [0.1, 0.15) is 0 Å². The SMILES string of the molecule is CC1(C)CCN(C2CCCNC2)C1. The Balaban J connectivity index is 1.87. The van der Waals surface area contributed by atoms with E-state index in [0.29, 0.717) is 5.41 Å². The van der Waals surface area contributed by atoms with E-state index < -0.39 is 0 Å². The number of likely N-dealkylation sites (tertiary alicyclic amines) is 1. The highest BCUT2D eigenvalue weighted by Gasteiger charge is 2.33. The maximum absolute atomic E-state index is 3.50. The second kappa shape index (κ2) is 3.58. The second-order valence-electron chi connectivity index (χ2n) is 5.38. The summed E-state index contributed by atoms with van der Waals surface area (Å²) in [6.45, 7) is 9.86. The topological polar surface area (TPSA) is 15.3 Å². The minimum absolute atomic E-state index is 0.567. The van der Waals surface area contributed by atoms with Crippen molar-refractivity contribution in [1.82, 2.24) is 10.2 Å². The second-order valence-corrected chi connectivity index (χ2v) is 5.38. The van der Waals surface area contributed by atoms with Gasteiger partial charge in [0.15, 0.2) is 0 Å². The van der Waals surface area contributed by atoms with Crippen LogP contribution in [0.2, 0.25) is 0 Å². The van der Waals surface area contributed by atoms with Gasteiger partial charge in [-0.15, -0.1) is 0 Å². The highest BCUT2D eigenvalue weighted by molar-refractivity contribution is 4.88. The first-order valence-corrected chi connectivity index (χ1v) is 5.62. The van der Waals surface area contributed by atoms with Crippen LogP contribution in [0.3, 0.4) is 0 Å². The van der Waals surface area contributed by atoms with E-state index in [0.717, 1.165) is 6.04 Å². The monoisotopic (exact) mass is 182 g/mol. The van der Waals surface area contributed by atoms with E-state index in [-0.39, 0.29) is 0 Å². The molecule has 0 aliphatic carbocycles. The van der Waals surface area contributed by atoms with Gasteiger partial charge in [0.25, 0.3) is 0 Å². The Morgan fingerprint density at radius 3 is 2.77 bits per heavy atom. The molecule has 2 rings (SSSR count). The molecule has 2 fully saturated rings. The fourth-order valence-corrected chi connectivity index (χ4v) is 2.61. The Morgan fingerprint density at radius 1 is 1.38 bits per heavy atom. The molecule has 2 heteroatoms. The fraction of sp³-hybridized carbons (Fsp3) is 1.00. The van der Waals surface area contributed by atoms with Crippen LogP contribution in [0.1, 0.15) is 33.1 Å². The first kappa shape index (κ1) is 9.47. The summed E-state index contributed by atoms with van der Waals surface area (Å²) in [5.74, 6) is 0. The summed E-state index contributed by atoms with van der Waals surface area (Å²) in [5.41, 5.74) is 0.567. The van der Waals surface area contributed by atoms with Crippen LogP contribution in [-0.4, -0.2) is 37.1 Å². The molecule has 1 N–H and O–H groups in total. The molecule has 2 nitrogen and oxygen atoms in total. The lowest BCUT2D eigenvalue weighted by Crippen LogP contribution is -2.45. The molecule has 2 heterocycles. The van der Waals surface area contributed by atoms with Crippen LogP contribution in [0.25, 0.3) is 0 Å². The highest BCUT2D eigenvalue weighted by atomic mass is 15.2. The predicted octanol–water partition coefficient (Wildman–Crippen LogP) is 1.47. The van der Waals surface area contributed by atoms with E-state index in [4.69, 9.17) is 0 Å². The quantitative estimate of drug-likeness (QED) is 0.660. The molecule has 0 saturated carbocycles. The first-order chi connectivity index (χ1) is 6.17. The van der Waals surface area contributed by atoms with Gasteiger partial charge in [-0.3, -0.25) is 4.90 Å². The lowest BCUT2D eigenvalue weighted by molar-refractivity contribution is 0.184. The summed E-state index contributed by atoms with van der Waals surface area (Å²) in [5, 5.41) is 3.50. The Labute approximate surface area is 81.7 Å². The van der Waals surface area contributed by atoms with Gasteiger partial charge in [0.2, 0.25) is 0 Å². The minimum atomic E-state index is 0.567. The Kier molecular flexibility index (Phi) is 2.61. The Bertz CT molecular complexity index is 171. The standard InChI is InChI=1S/C11H22N2/c1-11(2)5-7-13(9-11)10-4-3-6-12-8-10/h10,12H,3-9H2,1-2H3. The van der Waals surface area contributed by atoms with Crippen molar-refractivity contribution in [2.45, 2.75) is 39.2 Å². The summed E-state index contributed by atoms with van der Waals surface area (Å²) < 4.78 is 0. The number of hydrogen-bond donors (Lipinski definition) is 1. The third-order valence-corrected chi connectivity index (χ3v) is 3.49. The summed E-state index contributed by atoms with van der Waals surface area (Å²) in [7, 11) is 0. The molecule has 0 spiro atoms. The molecular weight excluding hydrogens is 160 g/mol. The molecule has 0 bridgehead atoms. The Hall–Kier alpha value is -0.0800. The van der Waals surface area contributed by atoms with Crippen LogP contribution in [-0.2, 0) is 0 Å². The van der Waals surface area contributed by atoms with Gasteiger partial charge in [-0.25, -0.2) is 0 Å². The van der Waals surface area contributed by atoms with Crippen molar-refractivity contribution in [1.29, 1.82) is 0 Å². The number of rotatable bonds is 1. The van der Waals surface area contributed by atoms with Gasteiger partial charge in [0.05, 0.1) is 0 Å². The smallest absolute Gasteiger partial charge is 0.0221 e. The zero-order valence-electron chi connectivity index (χ0n) is 8.97. The van der Waals surface area contributed by atoms with Crippen molar-refractivity contribution in [2.24, 2.45) is 5.41 Å². The molecule has 0 radical (unpaired) electrons. The van der Waals surface area contributed by atoms with Gasteiger partial charge >= 0.3 is 0 Å². The van der Waals surface area contributed by atoms with Crippen molar-refractivity contribution in [3.05, 3.63) is 0 Å². The predicted molar refractivity (Wildman–Crippen MR) is 55.9 cm³/mol. The summed E-state index contributed by atoms with van der Waals surface area (Å²) >= 11 is 0. The lowest BCUT2D eigenvalue weighted by Gasteiger charge is -2.32. The highest BCUT2D eigenvalue weighted by Crippen LogP contribution is 2.31. The lowest BCUT2D eigenvalue weighted by atomic mass is 9.93. The molecule has 0 aromatic rings. The van der Waals surface area contributed by atoms with Crippen molar-refractivity contribution in [2.75, 3.05) is 26.2 Å². The third kappa shape index (κ3) is 2.23. The molecule has 13 heavy (non-hydrogen) atoms. The average Bonchev–Trinajstić information content (AvgIpc) is 2.48. The van der Waals surface area contributed by atoms with Crippen molar-refractivity contribution >= 4 is 0 Å². The zero-order valence-corrected chi connectivity index (χ0v) is 8.97. The molecule has 1 atom stereocenters. The van der Waals surface area contributed by atoms with Gasteiger partial charge in [-0.1, -0.05) is 13.8 Å². The maximum Gasteiger partial charge on any atom is 0.0221 e. The van der Waals surface area contributed by atoms with Crippen LogP contribution >= 0.6 is 0 Å². The minimum Gasteiger partial charge on any atom is -0.315 e. The van der Waals surface area contributed by atoms with Crippen molar-refractivity contribution < 1.29 is 0 Å². The van der Waals surface area contributed by atoms with E-state index in [1.54, 1.807) is 0 Å². The van der Waals surface area contributed by atoms with Gasteiger partial charge in [0, 0.05) is 19.1 Å². The fourth-order valence-electron chi connectivity index (χ4n) is 2.61. The molecule has 2 saturated heterocycles. The number of nitrogens with zero attached hydrogens (tertiary/aromatic N) is 1. The third-order valence-electron chi connectivity index (χ3n) is 3.49. The number of nitrogens with one attached hydrogen (secondary N) is 1. The normalized spacial score (nSPS) is 35.1. The zero-order chi connectivity index (χ0) is 9.31. The molecule has 2 aliphatic rings. The summed E-state index contributed by atoms with van der Waals surface area (Å²) in [6.07, 6.45) is 4.15. The van der Waals surface area contributed by atoms with Crippen LogP contribution in [0.5, 0.6) is 0 Å². The van der Waals surface area contributed by atoms with Crippen LogP contribution in [0.15, 0.2) is 0 Å². The molecule has 0 aromatic carbocycles. The average molecular weight is 182 g/mol. The van der Waals surface area contributed by atoms with E-state index in [1.165, 1.54) is 45.4 Å². The van der Waals surface area contributed by atoms with Crippen molar-refractivity contribution in [3.8, 4) is 0 Å². The molecule has 0 aromatic heterocycles. The Morgan fingerprint density at radius 2 is 2.23 bits per heavy atom. The summed E-state index contributed by atoms with van der Waals surface area (Å²) in [6, 6.07) is 0.829. The van der Waals surface area contributed by atoms with Crippen LogP contribution < -0.4 is 5.32 Å². The van der Waals surface area contributed by atoms with E-state index >= 15 is 0 Å². The molecule has 2 aliphatic heterocycles. The summed E-state index contributed by atoms with van der Waals surface area (Å²) in [4.78, 5) is 2.69. The molecule has 76 valence electrons. The van der Waals surface area contributed by atoms with E-state index in [2.05, 4.69) is 24.1 Å². The van der Waals surface area contributed by atoms with E-state index in [9.17, 15) is 0 Å². The van der Waals surface area contributed by atoms with Gasteiger partial charge < -0.3 is 5.32 Å². The number of piperidine rings is 1. The van der Waals surface area contributed by atoms with Crippen LogP contribution in [0.4, 0.5) is 0 Å². The molecule has 0 amide bonds. The molecule has 1 unspecified atom stereocenters. The van der Waals surface area contributed by atoms with Gasteiger partial charge in [-0.05, 0) is 37.8 Å². The maximum atomic E-state index is 3.50. The first-order valence-electron chi connectivity index (χ1n) is 5.62. The number of hydrogen-bond acceptors (Lipinski definition) is 2. The van der Waals surface area contributed by atoms with Crippen LogP contribution in [0, 0.1) is 5.41 Å². The van der Waals surface area contributed by atoms with Gasteiger partial charge in [-0.2, -0.15) is 0 Å². The van der Waals surface area contributed by atoms with E-state index in [1.807, 2.05) is 0 Å².